The van der Waals surface area contributed by atoms with Crippen molar-refractivity contribution in [1.29, 1.82) is 0 Å². The summed E-state index contributed by atoms with van der Waals surface area (Å²) in [7, 11) is 0. The second-order valence-electron chi connectivity index (χ2n) is 6.19. The Labute approximate surface area is 124 Å². The Morgan fingerprint density at radius 3 is 2.71 bits per heavy atom. The lowest BCUT2D eigenvalue weighted by Gasteiger charge is -2.33. The van der Waals surface area contributed by atoms with Crippen LogP contribution in [0.25, 0.3) is 0 Å². The van der Waals surface area contributed by atoms with Crippen molar-refractivity contribution in [3.63, 3.8) is 0 Å². The van der Waals surface area contributed by atoms with Crippen LogP contribution in [-0.4, -0.2) is 34.5 Å². The highest BCUT2D eigenvalue weighted by atomic mass is 16.4. The maximum atomic E-state index is 12.6. The van der Waals surface area contributed by atoms with Crippen molar-refractivity contribution in [1.82, 2.24) is 4.90 Å². The molecule has 1 heterocycles. The zero-order chi connectivity index (χ0) is 15.0. The second-order valence-corrected chi connectivity index (χ2v) is 6.19. The van der Waals surface area contributed by atoms with E-state index in [0.717, 1.165) is 19.3 Å². The minimum atomic E-state index is -0.865. The first-order valence-electron chi connectivity index (χ1n) is 7.68. The summed E-state index contributed by atoms with van der Waals surface area (Å²) >= 11 is 0. The molecule has 21 heavy (non-hydrogen) atoms. The van der Waals surface area contributed by atoms with Crippen molar-refractivity contribution in [2.45, 2.75) is 44.6 Å². The number of likely N-dealkylation sites (tertiary alicyclic amines) is 1. The molecule has 1 aromatic carbocycles. The first kappa shape index (κ1) is 14.1. The second kappa shape index (κ2) is 5.51. The van der Waals surface area contributed by atoms with Crippen molar-refractivity contribution >= 4 is 11.9 Å². The van der Waals surface area contributed by atoms with Crippen LogP contribution in [0.5, 0.6) is 0 Å². The number of aliphatic carboxylic acids is 1. The van der Waals surface area contributed by atoms with E-state index < -0.39 is 12.0 Å². The van der Waals surface area contributed by atoms with E-state index in [9.17, 15) is 14.7 Å². The molecule has 112 valence electrons. The molecule has 1 aromatic rings. The highest BCUT2D eigenvalue weighted by Gasteiger charge is 2.48. The molecular weight excluding hydrogens is 266 g/mol. The molecule has 3 atom stereocenters. The molecule has 1 amide bonds. The Kier molecular flexibility index (Phi) is 3.70. The molecule has 2 fully saturated rings. The van der Waals surface area contributed by atoms with Crippen molar-refractivity contribution < 1.29 is 14.7 Å². The van der Waals surface area contributed by atoms with Crippen molar-refractivity contribution in [2.24, 2.45) is 5.92 Å². The minimum absolute atomic E-state index is 0.0222. The lowest BCUT2D eigenvalue weighted by atomic mass is 10.00. The molecule has 3 rings (SSSR count). The number of carbonyl (C=O) groups is 2. The van der Waals surface area contributed by atoms with Gasteiger partial charge in [-0.2, -0.15) is 0 Å². The smallest absolute Gasteiger partial charge is 0.326 e. The highest BCUT2D eigenvalue weighted by Crippen LogP contribution is 2.49. The predicted octanol–water partition coefficient (Wildman–Crippen LogP) is 2.56. The van der Waals surface area contributed by atoms with E-state index in [0.29, 0.717) is 13.0 Å². The van der Waals surface area contributed by atoms with Crippen LogP contribution in [0.4, 0.5) is 0 Å². The zero-order valence-electron chi connectivity index (χ0n) is 12.3. The van der Waals surface area contributed by atoms with Gasteiger partial charge in [-0.25, -0.2) is 4.79 Å². The molecule has 0 aromatic heterocycles. The maximum Gasteiger partial charge on any atom is 0.326 e. The number of hydrogen-bond acceptors (Lipinski definition) is 2. The normalized spacial score (nSPS) is 28.2. The van der Waals surface area contributed by atoms with Gasteiger partial charge in [-0.3, -0.25) is 4.79 Å². The van der Waals surface area contributed by atoms with Crippen LogP contribution in [0, 0.1) is 12.8 Å². The third-order valence-corrected chi connectivity index (χ3v) is 4.77. The molecule has 1 saturated heterocycles. The van der Waals surface area contributed by atoms with E-state index in [-0.39, 0.29) is 17.7 Å². The van der Waals surface area contributed by atoms with E-state index in [4.69, 9.17) is 0 Å². The summed E-state index contributed by atoms with van der Waals surface area (Å²) in [6, 6.07) is 7.53. The van der Waals surface area contributed by atoms with Crippen LogP contribution in [-0.2, 0) is 9.59 Å². The Balaban J connectivity index is 1.72. The van der Waals surface area contributed by atoms with Gasteiger partial charge in [0.05, 0.1) is 0 Å². The third-order valence-electron chi connectivity index (χ3n) is 4.77. The minimum Gasteiger partial charge on any atom is -0.480 e. The summed E-state index contributed by atoms with van der Waals surface area (Å²) < 4.78 is 0. The lowest BCUT2D eigenvalue weighted by Crippen LogP contribution is -2.48. The van der Waals surface area contributed by atoms with Gasteiger partial charge in [-0.15, -0.1) is 0 Å². The van der Waals surface area contributed by atoms with Gasteiger partial charge < -0.3 is 10.0 Å². The molecule has 1 N–H and O–H groups in total. The quantitative estimate of drug-likeness (QED) is 0.929. The van der Waals surface area contributed by atoms with Crippen LogP contribution in [0.3, 0.4) is 0 Å². The first-order chi connectivity index (χ1) is 10.1. The van der Waals surface area contributed by atoms with Crippen molar-refractivity contribution in [2.75, 3.05) is 6.54 Å². The van der Waals surface area contributed by atoms with E-state index >= 15 is 0 Å². The Morgan fingerprint density at radius 1 is 1.24 bits per heavy atom. The first-order valence-corrected chi connectivity index (χ1v) is 7.68. The Hall–Kier alpha value is -1.84. The highest BCUT2D eigenvalue weighted by molar-refractivity contribution is 5.88. The molecule has 4 heteroatoms. The SMILES string of the molecule is Cc1ccccc1[C@@H]1C[C@@H]1C(=O)N1CCCC[C@H]1C(=O)O. The number of carbonyl (C=O) groups excluding carboxylic acids is 1. The lowest BCUT2D eigenvalue weighted by molar-refractivity contribution is -0.152. The van der Waals surface area contributed by atoms with E-state index in [1.54, 1.807) is 4.90 Å². The average Bonchev–Trinajstić information content (AvgIpc) is 3.27. The fraction of sp³-hybridized carbons (Fsp3) is 0.529. The molecule has 0 bridgehead atoms. The zero-order valence-corrected chi connectivity index (χ0v) is 12.3. The molecule has 1 aliphatic heterocycles. The fourth-order valence-electron chi connectivity index (χ4n) is 3.48. The van der Waals surface area contributed by atoms with Crippen molar-refractivity contribution in [3.05, 3.63) is 35.4 Å². The predicted molar refractivity (Wildman–Crippen MR) is 79.0 cm³/mol. The van der Waals surface area contributed by atoms with Crippen LogP contribution >= 0.6 is 0 Å². The largest absolute Gasteiger partial charge is 0.480 e. The number of benzene rings is 1. The van der Waals surface area contributed by atoms with Crippen LogP contribution in [0.1, 0.15) is 42.7 Å². The number of nitrogens with zero attached hydrogens (tertiary/aromatic N) is 1. The maximum absolute atomic E-state index is 12.6. The summed E-state index contributed by atoms with van der Waals surface area (Å²) in [5, 5.41) is 9.29. The summed E-state index contributed by atoms with van der Waals surface area (Å²) in [5.41, 5.74) is 2.45. The summed E-state index contributed by atoms with van der Waals surface area (Å²) in [5.74, 6) is -0.576. The monoisotopic (exact) mass is 287 g/mol. The van der Waals surface area contributed by atoms with E-state index in [1.807, 2.05) is 12.1 Å². The van der Waals surface area contributed by atoms with Gasteiger partial charge in [-0.05, 0) is 49.7 Å². The van der Waals surface area contributed by atoms with Gasteiger partial charge in [0.2, 0.25) is 5.91 Å². The molecule has 0 spiro atoms. The van der Waals surface area contributed by atoms with Gasteiger partial charge in [0.15, 0.2) is 0 Å². The van der Waals surface area contributed by atoms with E-state index in [1.165, 1.54) is 11.1 Å². The van der Waals surface area contributed by atoms with Gasteiger partial charge in [-0.1, -0.05) is 24.3 Å². The van der Waals surface area contributed by atoms with Gasteiger partial charge >= 0.3 is 5.97 Å². The Morgan fingerprint density at radius 2 is 2.00 bits per heavy atom. The standard InChI is InChI=1S/C17H21NO3/c1-11-6-2-3-7-12(11)13-10-14(13)16(19)18-9-5-4-8-15(18)17(20)21/h2-3,6-7,13-15H,4-5,8-10H2,1H3,(H,20,21)/t13-,14-,15-/m0/s1. The number of carboxylic acids is 1. The third kappa shape index (κ3) is 2.67. The van der Waals surface area contributed by atoms with E-state index in [2.05, 4.69) is 19.1 Å². The molecular formula is C17H21NO3. The Bertz CT molecular complexity index is 569. The average molecular weight is 287 g/mol. The number of hydrogen-bond donors (Lipinski definition) is 1. The number of carboxylic acid groups (broad SMARTS) is 1. The number of piperidine rings is 1. The van der Waals surface area contributed by atoms with Crippen LogP contribution in [0.2, 0.25) is 0 Å². The van der Waals surface area contributed by atoms with Gasteiger partial charge in [0, 0.05) is 12.5 Å². The molecule has 0 radical (unpaired) electrons. The van der Waals surface area contributed by atoms with Gasteiger partial charge in [0.1, 0.15) is 6.04 Å². The van der Waals surface area contributed by atoms with Crippen molar-refractivity contribution in [3.8, 4) is 0 Å². The topological polar surface area (TPSA) is 57.6 Å². The van der Waals surface area contributed by atoms with Gasteiger partial charge in [0.25, 0.3) is 0 Å². The molecule has 1 saturated carbocycles. The summed E-state index contributed by atoms with van der Waals surface area (Å²) in [6.45, 7) is 2.66. The van der Waals surface area contributed by atoms with Crippen LogP contribution in [0.15, 0.2) is 24.3 Å². The summed E-state index contributed by atoms with van der Waals surface area (Å²) in [6.07, 6.45) is 3.25. The number of rotatable bonds is 3. The van der Waals surface area contributed by atoms with Crippen LogP contribution < -0.4 is 0 Å². The molecule has 1 aliphatic carbocycles. The number of amides is 1. The summed E-state index contributed by atoms with van der Waals surface area (Å²) in [4.78, 5) is 25.6. The molecule has 4 nitrogen and oxygen atoms in total. The fourth-order valence-corrected chi connectivity index (χ4v) is 3.48. The number of aryl methyl sites for hydroxylation is 1. The molecule has 0 unspecified atom stereocenters. The molecule has 2 aliphatic rings.